The number of benzene rings is 2. The number of ether oxygens (including phenoxy) is 1. The van der Waals surface area contributed by atoms with Gasteiger partial charge in [0.05, 0.1) is 11.1 Å². The summed E-state index contributed by atoms with van der Waals surface area (Å²) in [6.45, 7) is 1.53. The van der Waals surface area contributed by atoms with Crippen LogP contribution in [-0.2, 0) is 25.9 Å². The van der Waals surface area contributed by atoms with Gasteiger partial charge in [-0.25, -0.2) is 9.97 Å². The van der Waals surface area contributed by atoms with Crippen molar-refractivity contribution in [3.05, 3.63) is 95.9 Å². The molecule has 194 valence electrons. The molecule has 0 aliphatic rings. The summed E-state index contributed by atoms with van der Waals surface area (Å²) in [6, 6.07) is 10.4. The second-order valence-electron chi connectivity index (χ2n) is 8.48. The lowest BCUT2D eigenvalue weighted by Crippen LogP contribution is -2.06. The fourth-order valence-electron chi connectivity index (χ4n) is 3.86. The lowest BCUT2D eigenvalue weighted by atomic mass is 10.1. The van der Waals surface area contributed by atoms with Gasteiger partial charge in [0.15, 0.2) is 12.1 Å². The van der Waals surface area contributed by atoms with Crippen LogP contribution in [0.5, 0.6) is 5.75 Å². The molecule has 0 atom stereocenters. The molecule has 0 unspecified atom stereocenters. The van der Waals surface area contributed by atoms with Crippen molar-refractivity contribution < 1.29 is 27.1 Å². The number of aromatic nitrogens is 5. The van der Waals surface area contributed by atoms with E-state index in [0.29, 0.717) is 41.8 Å². The molecule has 0 N–H and O–H groups in total. The number of hydrogen-bond acceptors (Lipinski definition) is 6. The highest BCUT2D eigenvalue weighted by Gasteiger charge is 2.29. The van der Waals surface area contributed by atoms with Crippen LogP contribution in [0.15, 0.2) is 71.7 Å². The third-order valence-corrected chi connectivity index (χ3v) is 5.78. The average Bonchev–Trinajstić information content (AvgIpc) is 3.65. The first-order valence-electron chi connectivity index (χ1n) is 11.7. The van der Waals surface area contributed by atoms with E-state index in [9.17, 15) is 18.0 Å². The van der Waals surface area contributed by atoms with Crippen LogP contribution < -0.4 is 4.74 Å². The molecule has 0 aliphatic heterocycles. The number of fused-ring (bicyclic) bond motifs is 1. The zero-order valence-electron chi connectivity index (χ0n) is 20.0. The number of aryl methyl sites for hydroxylation is 2. The molecule has 0 bridgehead atoms. The van der Waals surface area contributed by atoms with Gasteiger partial charge < -0.3 is 13.7 Å². The van der Waals surface area contributed by atoms with Gasteiger partial charge in [-0.15, -0.1) is 0 Å². The standard InChI is InChI=1S/C27H22F3N5O3/c28-27(29,30)21-5-2-19(3-6-21)4-9-26-32-22(18-38-26)17-37-23-7-8-24-20(14-23)15-35(33-24)12-1-11-34-13-10-31-25(34)16-36/h2-10,13-16,18H,1,11-12,17H2/b9-4+. The highest BCUT2D eigenvalue weighted by Crippen LogP contribution is 2.29. The summed E-state index contributed by atoms with van der Waals surface area (Å²) in [5.74, 6) is 1.37. The molecule has 0 aliphatic carbocycles. The number of rotatable bonds is 10. The van der Waals surface area contributed by atoms with Crippen molar-refractivity contribution in [1.29, 1.82) is 0 Å². The second kappa shape index (κ2) is 10.8. The molecule has 38 heavy (non-hydrogen) atoms. The zero-order valence-corrected chi connectivity index (χ0v) is 20.0. The Hall–Kier alpha value is -4.67. The van der Waals surface area contributed by atoms with Crippen LogP contribution >= 0.6 is 0 Å². The fraction of sp³-hybridized carbons (Fsp3) is 0.185. The number of nitrogens with zero attached hydrogens (tertiary/aromatic N) is 5. The van der Waals surface area contributed by atoms with Crippen molar-refractivity contribution in [2.75, 3.05) is 0 Å². The third kappa shape index (κ3) is 6.00. The Morgan fingerprint density at radius 1 is 1.05 bits per heavy atom. The van der Waals surface area contributed by atoms with Gasteiger partial charge >= 0.3 is 6.18 Å². The second-order valence-corrected chi connectivity index (χ2v) is 8.48. The smallest absolute Gasteiger partial charge is 0.416 e. The summed E-state index contributed by atoms with van der Waals surface area (Å²) < 4.78 is 53.0. The van der Waals surface area contributed by atoms with Crippen LogP contribution in [-0.4, -0.2) is 30.6 Å². The van der Waals surface area contributed by atoms with E-state index in [1.165, 1.54) is 18.4 Å². The normalized spacial score (nSPS) is 12.0. The van der Waals surface area contributed by atoms with Crippen molar-refractivity contribution in [2.24, 2.45) is 0 Å². The first kappa shape index (κ1) is 25.0. The Bertz CT molecular complexity index is 1560. The maximum Gasteiger partial charge on any atom is 0.416 e. The Morgan fingerprint density at radius 3 is 2.68 bits per heavy atom. The predicted octanol–water partition coefficient (Wildman–Crippen LogP) is 5.89. The lowest BCUT2D eigenvalue weighted by molar-refractivity contribution is -0.137. The SMILES string of the molecule is O=Cc1nccn1CCCn1cc2cc(OCc3coc(/C=C/c4ccc(C(F)(F)F)cc4)n3)ccc2n1. The lowest BCUT2D eigenvalue weighted by Gasteiger charge is -2.05. The van der Waals surface area contributed by atoms with Gasteiger partial charge in [0.1, 0.15) is 24.3 Å². The van der Waals surface area contributed by atoms with E-state index in [-0.39, 0.29) is 6.61 Å². The van der Waals surface area contributed by atoms with Gasteiger partial charge in [0, 0.05) is 43.1 Å². The van der Waals surface area contributed by atoms with E-state index in [1.807, 2.05) is 33.6 Å². The van der Waals surface area contributed by atoms with Crippen LogP contribution in [0.4, 0.5) is 13.2 Å². The quantitative estimate of drug-likeness (QED) is 0.213. The van der Waals surface area contributed by atoms with Gasteiger partial charge in [-0.05, 0) is 48.4 Å². The zero-order chi connectivity index (χ0) is 26.5. The molecule has 3 heterocycles. The summed E-state index contributed by atoms with van der Waals surface area (Å²) in [4.78, 5) is 19.3. The van der Waals surface area contributed by atoms with E-state index in [2.05, 4.69) is 15.1 Å². The summed E-state index contributed by atoms with van der Waals surface area (Å²) in [7, 11) is 0. The van der Waals surface area contributed by atoms with Crippen molar-refractivity contribution >= 4 is 29.3 Å². The maximum atomic E-state index is 12.7. The summed E-state index contributed by atoms with van der Waals surface area (Å²) in [6.07, 6.45) is 7.16. The molecule has 5 rings (SSSR count). The van der Waals surface area contributed by atoms with E-state index in [0.717, 1.165) is 35.7 Å². The number of carbonyl (C=O) groups excluding carboxylic acids is 1. The van der Waals surface area contributed by atoms with E-state index >= 15 is 0 Å². The summed E-state index contributed by atoms with van der Waals surface area (Å²) in [5.41, 5.74) is 1.30. The molecule has 0 saturated heterocycles. The first-order valence-corrected chi connectivity index (χ1v) is 11.7. The Labute approximate surface area is 215 Å². The number of hydrogen-bond donors (Lipinski definition) is 0. The van der Waals surface area contributed by atoms with Crippen LogP contribution in [0.1, 0.15) is 39.8 Å². The molecule has 2 aromatic carbocycles. The highest BCUT2D eigenvalue weighted by atomic mass is 19.4. The molecule has 0 amide bonds. The number of aldehydes is 1. The molecule has 0 spiro atoms. The van der Waals surface area contributed by atoms with Gasteiger partial charge in [0.25, 0.3) is 0 Å². The molecular weight excluding hydrogens is 499 g/mol. The van der Waals surface area contributed by atoms with Crippen molar-refractivity contribution in [3.8, 4) is 5.75 Å². The molecule has 11 heteroatoms. The fourth-order valence-corrected chi connectivity index (χ4v) is 3.86. The largest absolute Gasteiger partial charge is 0.487 e. The molecular formula is C27H22F3N5O3. The van der Waals surface area contributed by atoms with Crippen LogP contribution in [0, 0.1) is 0 Å². The maximum absolute atomic E-state index is 12.7. The number of carbonyl (C=O) groups is 1. The van der Waals surface area contributed by atoms with Crippen molar-refractivity contribution in [2.45, 2.75) is 32.3 Å². The summed E-state index contributed by atoms with van der Waals surface area (Å²) >= 11 is 0. The minimum atomic E-state index is -4.37. The van der Waals surface area contributed by atoms with E-state index in [1.54, 1.807) is 24.5 Å². The third-order valence-electron chi connectivity index (χ3n) is 5.78. The monoisotopic (exact) mass is 521 g/mol. The Balaban J connectivity index is 1.14. The van der Waals surface area contributed by atoms with E-state index in [4.69, 9.17) is 9.15 Å². The van der Waals surface area contributed by atoms with Gasteiger partial charge in [-0.3, -0.25) is 9.48 Å². The van der Waals surface area contributed by atoms with Gasteiger partial charge in [0.2, 0.25) is 5.89 Å². The molecule has 0 radical (unpaired) electrons. The number of alkyl halides is 3. The Morgan fingerprint density at radius 2 is 1.89 bits per heavy atom. The summed E-state index contributed by atoms with van der Waals surface area (Å²) in [5, 5.41) is 5.50. The van der Waals surface area contributed by atoms with Crippen molar-refractivity contribution in [1.82, 2.24) is 24.3 Å². The molecule has 0 fully saturated rings. The van der Waals surface area contributed by atoms with Gasteiger partial charge in [-0.2, -0.15) is 18.3 Å². The molecule has 3 aromatic heterocycles. The number of oxazole rings is 1. The topological polar surface area (TPSA) is 88.0 Å². The number of imidazole rings is 1. The van der Waals surface area contributed by atoms with Gasteiger partial charge in [-0.1, -0.05) is 12.1 Å². The highest BCUT2D eigenvalue weighted by molar-refractivity contribution is 5.79. The van der Waals surface area contributed by atoms with Crippen LogP contribution in [0.3, 0.4) is 0 Å². The van der Waals surface area contributed by atoms with E-state index < -0.39 is 11.7 Å². The predicted molar refractivity (Wildman–Crippen MR) is 133 cm³/mol. The van der Waals surface area contributed by atoms with Crippen LogP contribution in [0.2, 0.25) is 0 Å². The average molecular weight is 521 g/mol. The molecule has 0 saturated carbocycles. The minimum Gasteiger partial charge on any atom is -0.487 e. The van der Waals surface area contributed by atoms with Crippen LogP contribution in [0.25, 0.3) is 23.1 Å². The minimum absolute atomic E-state index is 0.182. The Kier molecular flexibility index (Phi) is 7.07. The number of halogens is 3. The first-order chi connectivity index (χ1) is 18.4. The molecule has 5 aromatic rings. The molecule has 8 nitrogen and oxygen atoms in total. The van der Waals surface area contributed by atoms with Crippen molar-refractivity contribution in [3.63, 3.8) is 0 Å².